The molecule has 3 N–H and O–H groups in total. The summed E-state index contributed by atoms with van der Waals surface area (Å²) in [6.07, 6.45) is 0. The number of rotatable bonds is 4. The molecule has 82 valence electrons. The van der Waals surface area contributed by atoms with Crippen LogP contribution < -0.4 is 11.3 Å². The third kappa shape index (κ3) is 3.83. The average molecular weight is 233 g/mol. The van der Waals surface area contributed by atoms with Crippen LogP contribution in [0.1, 0.15) is 5.56 Å². The quantitative estimate of drug-likeness (QED) is 0.462. The first-order chi connectivity index (χ1) is 7.13. The summed E-state index contributed by atoms with van der Waals surface area (Å²) >= 11 is 5.66. The molecule has 0 atom stereocenters. The van der Waals surface area contributed by atoms with Gasteiger partial charge in [-0.2, -0.15) is 0 Å². The third-order valence-corrected chi connectivity index (χ3v) is 1.89. The van der Waals surface area contributed by atoms with Crippen LogP contribution >= 0.6 is 11.6 Å². The second kappa shape index (κ2) is 5.65. The number of nitrogens with two attached hydrogens (primary N) is 1. The summed E-state index contributed by atoms with van der Waals surface area (Å²) in [6, 6.07) is 4.12. The molecule has 0 radical (unpaired) electrons. The van der Waals surface area contributed by atoms with Crippen molar-refractivity contribution in [2.75, 3.05) is 6.61 Å². The Morgan fingerprint density at radius 1 is 1.60 bits per heavy atom. The fourth-order valence-electron chi connectivity index (χ4n) is 0.949. The van der Waals surface area contributed by atoms with Gasteiger partial charge in [0.15, 0.2) is 0 Å². The maximum absolute atomic E-state index is 13.1. The molecule has 0 saturated carbocycles. The number of hydrogen-bond donors (Lipinski definition) is 2. The lowest BCUT2D eigenvalue weighted by molar-refractivity contribution is -0.126. The molecular weight excluding hydrogens is 223 g/mol. The van der Waals surface area contributed by atoms with Crippen LogP contribution in [0.5, 0.6) is 0 Å². The molecule has 0 aliphatic rings. The molecule has 1 aromatic carbocycles. The van der Waals surface area contributed by atoms with Crippen LogP contribution in [0.3, 0.4) is 0 Å². The lowest BCUT2D eigenvalue weighted by Crippen LogP contribution is -2.33. The van der Waals surface area contributed by atoms with Crippen molar-refractivity contribution in [3.63, 3.8) is 0 Å². The zero-order chi connectivity index (χ0) is 11.3. The first-order valence-corrected chi connectivity index (χ1v) is 4.52. The standard InChI is InChI=1S/C9H10ClFN2O2/c10-7-1-2-8(11)6(3-7)4-15-5-9(14)13-12/h1-3H,4-5,12H2,(H,13,14). The summed E-state index contributed by atoms with van der Waals surface area (Å²) in [5.41, 5.74) is 2.19. The van der Waals surface area contributed by atoms with E-state index in [0.29, 0.717) is 10.6 Å². The zero-order valence-electron chi connectivity index (χ0n) is 7.80. The van der Waals surface area contributed by atoms with E-state index in [1.54, 1.807) is 0 Å². The third-order valence-electron chi connectivity index (χ3n) is 1.66. The lowest BCUT2D eigenvalue weighted by Gasteiger charge is -2.04. The number of ether oxygens (including phenoxy) is 1. The molecule has 1 aromatic rings. The van der Waals surface area contributed by atoms with Gasteiger partial charge in [-0.25, -0.2) is 10.2 Å². The van der Waals surface area contributed by atoms with Crippen LogP contribution in [0.25, 0.3) is 0 Å². The summed E-state index contributed by atoms with van der Waals surface area (Å²) in [6.45, 7) is -0.248. The maximum atomic E-state index is 13.1. The van der Waals surface area contributed by atoms with Gasteiger partial charge in [0.05, 0.1) is 6.61 Å². The molecule has 6 heteroatoms. The first-order valence-electron chi connectivity index (χ1n) is 4.14. The van der Waals surface area contributed by atoms with Crippen molar-refractivity contribution in [2.45, 2.75) is 6.61 Å². The van der Waals surface area contributed by atoms with Gasteiger partial charge in [0, 0.05) is 10.6 Å². The van der Waals surface area contributed by atoms with Crippen molar-refractivity contribution in [1.29, 1.82) is 0 Å². The van der Waals surface area contributed by atoms with E-state index in [1.165, 1.54) is 18.2 Å². The van der Waals surface area contributed by atoms with E-state index in [-0.39, 0.29) is 13.2 Å². The molecule has 0 spiro atoms. The van der Waals surface area contributed by atoms with Gasteiger partial charge < -0.3 is 4.74 Å². The highest BCUT2D eigenvalue weighted by molar-refractivity contribution is 6.30. The van der Waals surface area contributed by atoms with Crippen molar-refractivity contribution in [3.8, 4) is 0 Å². The fraction of sp³-hybridized carbons (Fsp3) is 0.222. The van der Waals surface area contributed by atoms with Crippen molar-refractivity contribution in [2.24, 2.45) is 5.84 Å². The largest absolute Gasteiger partial charge is 0.367 e. The second-order valence-electron chi connectivity index (χ2n) is 2.80. The number of nitrogens with one attached hydrogen (secondary N) is 1. The molecule has 0 saturated heterocycles. The number of hydrazine groups is 1. The molecular formula is C9H10ClFN2O2. The van der Waals surface area contributed by atoms with E-state index < -0.39 is 11.7 Å². The Morgan fingerprint density at radius 3 is 3.00 bits per heavy atom. The topological polar surface area (TPSA) is 64.3 Å². The van der Waals surface area contributed by atoms with Gasteiger partial charge in [0.25, 0.3) is 5.91 Å². The SMILES string of the molecule is NNC(=O)COCc1cc(Cl)ccc1F. The minimum absolute atomic E-state index is 0.0280. The van der Waals surface area contributed by atoms with Crippen molar-refractivity contribution in [3.05, 3.63) is 34.6 Å². The Balaban J connectivity index is 2.50. The summed E-state index contributed by atoms with van der Waals surface area (Å²) in [7, 11) is 0. The zero-order valence-corrected chi connectivity index (χ0v) is 8.55. The van der Waals surface area contributed by atoms with Crippen molar-refractivity contribution in [1.82, 2.24) is 5.43 Å². The Kier molecular flexibility index (Phi) is 4.48. The van der Waals surface area contributed by atoms with Gasteiger partial charge >= 0.3 is 0 Å². The van der Waals surface area contributed by atoms with E-state index >= 15 is 0 Å². The summed E-state index contributed by atoms with van der Waals surface area (Å²) in [4.78, 5) is 10.7. The number of amides is 1. The first kappa shape index (κ1) is 11.9. The molecule has 0 fully saturated rings. The Morgan fingerprint density at radius 2 is 2.33 bits per heavy atom. The molecule has 1 rings (SSSR count). The lowest BCUT2D eigenvalue weighted by atomic mass is 10.2. The molecule has 1 amide bonds. The molecule has 0 aromatic heterocycles. The monoisotopic (exact) mass is 232 g/mol. The predicted molar refractivity (Wildman–Crippen MR) is 53.4 cm³/mol. The molecule has 0 unspecified atom stereocenters. The Hall–Kier alpha value is -1.17. The molecule has 4 nitrogen and oxygen atoms in total. The number of benzene rings is 1. The normalized spacial score (nSPS) is 10.1. The van der Waals surface area contributed by atoms with Gasteiger partial charge in [-0.3, -0.25) is 10.2 Å². The number of hydrogen-bond acceptors (Lipinski definition) is 3. The van der Waals surface area contributed by atoms with Crippen molar-refractivity contribution >= 4 is 17.5 Å². The minimum Gasteiger partial charge on any atom is -0.367 e. The van der Waals surface area contributed by atoms with Gasteiger partial charge in [-0.05, 0) is 18.2 Å². The molecule has 0 aliphatic carbocycles. The highest BCUT2D eigenvalue weighted by Crippen LogP contribution is 2.15. The van der Waals surface area contributed by atoms with E-state index in [2.05, 4.69) is 0 Å². The van der Waals surface area contributed by atoms with Gasteiger partial charge in [-0.1, -0.05) is 11.6 Å². The minimum atomic E-state index is -0.475. The van der Waals surface area contributed by atoms with E-state index in [9.17, 15) is 9.18 Å². The number of halogens is 2. The summed E-state index contributed by atoms with van der Waals surface area (Å²) in [5.74, 6) is 3.93. The van der Waals surface area contributed by atoms with Crippen LogP contribution in [0.15, 0.2) is 18.2 Å². The van der Waals surface area contributed by atoms with Crippen LogP contribution in [-0.2, 0) is 16.1 Å². The van der Waals surface area contributed by atoms with Gasteiger partial charge in [0.1, 0.15) is 12.4 Å². The summed E-state index contributed by atoms with van der Waals surface area (Å²) in [5, 5.41) is 0.415. The Labute approximate surface area is 91.1 Å². The molecule has 0 aliphatic heterocycles. The van der Waals surface area contributed by atoms with E-state index in [4.69, 9.17) is 22.2 Å². The fourth-order valence-corrected chi connectivity index (χ4v) is 1.14. The highest BCUT2D eigenvalue weighted by Gasteiger charge is 2.04. The average Bonchev–Trinajstić information content (AvgIpc) is 2.23. The summed E-state index contributed by atoms with van der Waals surface area (Å²) < 4.78 is 18.0. The van der Waals surface area contributed by atoms with Crippen LogP contribution in [0.2, 0.25) is 5.02 Å². The number of carbonyl (C=O) groups excluding carboxylic acids is 1. The molecule has 0 bridgehead atoms. The highest BCUT2D eigenvalue weighted by atomic mass is 35.5. The van der Waals surface area contributed by atoms with Crippen LogP contribution in [0, 0.1) is 5.82 Å². The molecule has 15 heavy (non-hydrogen) atoms. The van der Waals surface area contributed by atoms with Gasteiger partial charge in [-0.15, -0.1) is 0 Å². The Bertz CT molecular complexity index is 360. The number of carbonyl (C=O) groups is 1. The molecule has 0 heterocycles. The maximum Gasteiger partial charge on any atom is 0.259 e. The van der Waals surface area contributed by atoms with Crippen LogP contribution in [0.4, 0.5) is 4.39 Å². The predicted octanol–water partition coefficient (Wildman–Crippen LogP) is 0.986. The van der Waals surface area contributed by atoms with E-state index in [0.717, 1.165) is 0 Å². The second-order valence-corrected chi connectivity index (χ2v) is 3.23. The smallest absolute Gasteiger partial charge is 0.259 e. The van der Waals surface area contributed by atoms with Gasteiger partial charge in [0.2, 0.25) is 0 Å². The van der Waals surface area contributed by atoms with Crippen molar-refractivity contribution < 1.29 is 13.9 Å². The van der Waals surface area contributed by atoms with Crippen LogP contribution in [-0.4, -0.2) is 12.5 Å². The van der Waals surface area contributed by atoms with E-state index in [1.807, 2.05) is 5.43 Å².